The second-order valence-electron chi connectivity index (χ2n) is 5.88. The summed E-state index contributed by atoms with van der Waals surface area (Å²) < 4.78 is 0. The van der Waals surface area contributed by atoms with Gasteiger partial charge in [-0.2, -0.15) is 0 Å². The number of fused-ring (bicyclic) bond motifs is 2. The molecule has 8 heteroatoms. The molecule has 120 valence electrons. The SMILES string of the molecule is CC(=O)S[C@@]12CCCN1C(=O)[C@]1(SC(C)=O)CCCN1C2=O. The van der Waals surface area contributed by atoms with Crippen LogP contribution in [0.4, 0.5) is 0 Å². The number of amides is 2. The molecule has 0 bridgehead atoms. The smallest absolute Gasteiger partial charge is 0.261 e. The molecule has 0 N–H and O–H groups in total. The highest BCUT2D eigenvalue weighted by Gasteiger charge is 2.67. The minimum atomic E-state index is -1.09. The van der Waals surface area contributed by atoms with Gasteiger partial charge in [-0.25, -0.2) is 0 Å². The predicted octanol–water partition coefficient (Wildman–Crippen LogP) is 1.20. The summed E-state index contributed by atoms with van der Waals surface area (Å²) in [5.74, 6) is -0.368. The van der Waals surface area contributed by atoms with Crippen LogP contribution in [0.3, 0.4) is 0 Å². The van der Waals surface area contributed by atoms with Gasteiger partial charge in [0.05, 0.1) is 0 Å². The fourth-order valence-electron chi connectivity index (χ4n) is 3.76. The molecule has 0 aromatic rings. The Labute approximate surface area is 137 Å². The number of carbonyl (C=O) groups is 4. The van der Waals surface area contributed by atoms with Crippen LogP contribution in [-0.2, 0) is 19.2 Å². The van der Waals surface area contributed by atoms with Crippen LogP contribution in [0, 0.1) is 0 Å². The molecule has 3 heterocycles. The molecule has 3 aliphatic heterocycles. The average Bonchev–Trinajstić information content (AvgIpc) is 3.01. The molecular formula is C14H18N2O4S2. The molecule has 3 aliphatic rings. The second kappa shape index (κ2) is 5.26. The van der Waals surface area contributed by atoms with Crippen LogP contribution in [0.15, 0.2) is 0 Å². The third-order valence-electron chi connectivity index (χ3n) is 4.45. The Balaban J connectivity index is 2.07. The number of piperazine rings is 1. The summed E-state index contributed by atoms with van der Waals surface area (Å²) in [5, 5.41) is -0.335. The Morgan fingerprint density at radius 3 is 1.55 bits per heavy atom. The van der Waals surface area contributed by atoms with Crippen LogP contribution in [-0.4, -0.2) is 54.7 Å². The Kier molecular flexibility index (Phi) is 3.79. The monoisotopic (exact) mass is 342 g/mol. The maximum Gasteiger partial charge on any atom is 0.261 e. The lowest BCUT2D eigenvalue weighted by atomic mass is 10.0. The van der Waals surface area contributed by atoms with E-state index >= 15 is 0 Å². The first-order valence-electron chi connectivity index (χ1n) is 7.37. The fraction of sp³-hybridized carbons (Fsp3) is 0.714. The number of nitrogens with zero attached hydrogens (tertiary/aromatic N) is 2. The number of hydrogen-bond acceptors (Lipinski definition) is 6. The number of carbonyl (C=O) groups excluding carboxylic acids is 4. The number of rotatable bonds is 2. The molecule has 0 aromatic carbocycles. The first kappa shape index (κ1) is 15.9. The lowest BCUT2D eigenvalue weighted by Crippen LogP contribution is -2.71. The maximum absolute atomic E-state index is 13.1. The van der Waals surface area contributed by atoms with Gasteiger partial charge < -0.3 is 9.80 Å². The number of hydrogen-bond donors (Lipinski definition) is 0. The van der Waals surface area contributed by atoms with Crippen molar-refractivity contribution < 1.29 is 19.2 Å². The lowest BCUT2D eigenvalue weighted by Gasteiger charge is -2.51. The van der Waals surface area contributed by atoms with Crippen molar-refractivity contribution in [1.29, 1.82) is 0 Å². The van der Waals surface area contributed by atoms with E-state index in [4.69, 9.17) is 0 Å². The van der Waals surface area contributed by atoms with Crippen molar-refractivity contribution in [1.82, 2.24) is 9.80 Å². The van der Waals surface area contributed by atoms with Crippen LogP contribution in [0.1, 0.15) is 39.5 Å². The molecule has 6 nitrogen and oxygen atoms in total. The zero-order chi connectivity index (χ0) is 16.1. The molecule has 22 heavy (non-hydrogen) atoms. The van der Waals surface area contributed by atoms with E-state index in [9.17, 15) is 19.2 Å². The van der Waals surface area contributed by atoms with Crippen LogP contribution >= 0.6 is 23.5 Å². The van der Waals surface area contributed by atoms with Gasteiger partial charge in [0.2, 0.25) is 0 Å². The van der Waals surface area contributed by atoms with E-state index < -0.39 is 9.74 Å². The highest BCUT2D eigenvalue weighted by Crippen LogP contribution is 2.53. The quantitative estimate of drug-likeness (QED) is 0.751. The standard InChI is InChI=1S/C14H18N2O4S2/c1-9(17)21-13-5-3-7-15(13)12(20)14(22-10(2)18)6-4-8-16(14)11(13)19/h3-8H2,1-2H3/t13-,14-/m1/s1. The van der Waals surface area contributed by atoms with Gasteiger partial charge in [-0.05, 0) is 49.2 Å². The summed E-state index contributed by atoms with van der Waals surface area (Å²) in [4.78, 5) is 50.4. The van der Waals surface area contributed by atoms with Crippen LogP contribution in [0.25, 0.3) is 0 Å². The second-order valence-corrected chi connectivity index (χ2v) is 8.79. The van der Waals surface area contributed by atoms with E-state index in [0.29, 0.717) is 38.8 Å². The van der Waals surface area contributed by atoms with Gasteiger partial charge >= 0.3 is 0 Å². The molecule has 0 aromatic heterocycles. The van der Waals surface area contributed by atoms with Crippen molar-refractivity contribution in [2.75, 3.05) is 13.1 Å². The Morgan fingerprint density at radius 1 is 0.864 bits per heavy atom. The topological polar surface area (TPSA) is 74.8 Å². The molecule has 3 saturated heterocycles. The highest BCUT2D eigenvalue weighted by atomic mass is 32.2. The lowest BCUT2D eigenvalue weighted by molar-refractivity contribution is -0.161. The average molecular weight is 342 g/mol. The van der Waals surface area contributed by atoms with Gasteiger partial charge in [0.25, 0.3) is 11.8 Å². The van der Waals surface area contributed by atoms with Crippen LogP contribution in [0.5, 0.6) is 0 Å². The molecule has 0 spiro atoms. The molecule has 0 unspecified atom stereocenters. The molecule has 0 saturated carbocycles. The summed E-state index contributed by atoms with van der Waals surface area (Å²) in [7, 11) is 0. The van der Waals surface area contributed by atoms with Gasteiger partial charge in [0, 0.05) is 26.9 Å². The summed E-state index contributed by atoms with van der Waals surface area (Å²) in [6.07, 6.45) is 2.40. The Bertz CT molecular complexity index is 531. The van der Waals surface area contributed by atoms with E-state index in [1.165, 1.54) is 13.8 Å². The molecule has 2 amide bonds. The van der Waals surface area contributed by atoms with E-state index in [-0.39, 0.29) is 22.0 Å². The molecule has 2 atom stereocenters. The first-order valence-corrected chi connectivity index (χ1v) is 9.00. The minimum absolute atomic E-state index is 0.168. The summed E-state index contributed by atoms with van der Waals surface area (Å²) in [6.45, 7) is 3.78. The third kappa shape index (κ3) is 2.03. The third-order valence-corrected chi connectivity index (χ3v) is 6.90. The van der Waals surface area contributed by atoms with E-state index in [1.807, 2.05) is 0 Å². The van der Waals surface area contributed by atoms with Crippen molar-refractivity contribution in [2.45, 2.75) is 49.3 Å². The van der Waals surface area contributed by atoms with Gasteiger partial charge in [-0.1, -0.05) is 0 Å². The largest absolute Gasteiger partial charge is 0.316 e. The van der Waals surface area contributed by atoms with Crippen molar-refractivity contribution in [3.05, 3.63) is 0 Å². The van der Waals surface area contributed by atoms with Gasteiger partial charge in [0.15, 0.2) is 20.0 Å². The fourth-order valence-corrected chi connectivity index (χ4v) is 6.17. The first-order chi connectivity index (χ1) is 10.3. The molecular weight excluding hydrogens is 324 g/mol. The molecule has 0 aliphatic carbocycles. The summed E-state index contributed by atoms with van der Waals surface area (Å²) >= 11 is 1.91. The molecule has 3 fully saturated rings. The summed E-state index contributed by atoms with van der Waals surface area (Å²) in [6, 6.07) is 0. The van der Waals surface area contributed by atoms with Crippen molar-refractivity contribution in [3.8, 4) is 0 Å². The van der Waals surface area contributed by atoms with Crippen LogP contribution in [0.2, 0.25) is 0 Å². The zero-order valence-corrected chi connectivity index (χ0v) is 14.2. The zero-order valence-electron chi connectivity index (χ0n) is 12.6. The highest BCUT2D eigenvalue weighted by molar-refractivity contribution is 8.16. The van der Waals surface area contributed by atoms with Crippen LogP contribution < -0.4 is 0 Å². The van der Waals surface area contributed by atoms with Gasteiger partial charge in [-0.15, -0.1) is 0 Å². The van der Waals surface area contributed by atoms with E-state index in [0.717, 1.165) is 23.5 Å². The number of thioether (sulfide) groups is 2. The van der Waals surface area contributed by atoms with Crippen molar-refractivity contribution in [3.63, 3.8) is 0 Å². The Morgan fingerprint density at radius 2 is 1.23 bits per heavy atom. The van der Waals surface area contributed by atoms with Gasteiger partial charge in [0.1, 0.15) is 0 Å². The summed E-state index contributed by atoms with van der Waals surface area (Å²) in [5.41, 5.74) is 0. The maximum atomic E-state index is 13.1. The minimum Gasteiger partial charge on any atom is -0.316 e. The van der Waals surface area contributed by atoms with Crippen molar-refractivity contribution in [2.24, 2.45) is 0 Å². The van der Waals surface area contributed by atoms with Crippen molar-refractivity contribution >= 4 is 45.6 Å². The molecule has 0 radical (unpaired) electrons. The van der Waals surface area contributed by atoms with Gasteiger partial charge in [-0.3, -0.25) is 19.2 Å². The predicted molar refractivity (Wildman–Crippen MR) is 83.9 cm³/mol. The Hall–Kier alpha value is -1.02. The molecule has 3 rings (SSSR count). The van der Waals surface area contributed by atoms with E-state index in [1.54, 1.807) is 9.80 Å². The normalized spacial score (nSPS) is 33.9. The van der Waals surface area contributed by atoms with E-state index in [2.05, 4.69) is 0 Å².